The van der Waals surface area contributed by atoms with Crippen LogP contribution in [-0.4, -0.2) is 31.1 Å². The van der Waals surface area contributed by atoms with Crippen molar-refractivity contribution in [3.05, 3.63) is 34.9 Å². The van der Waals surface area contributed by atoms with Crippen molar-refractivity contribution >= 4 is 11.6 Å². The van der Waals surface area contributed by atoms with Gasteiger partial charge in [-0.2, -0.15) is 0 Å². The molecule has 0 bridgehead atoms. The van der Waals surface area contributed by atoms with Crippen LogP contribution in [0.4, 0.5) is 0 Å². The first-order chi connectivity index (χ1) is 10.2. The second-order valence-electron chi connectivity index (χ2n) is 6.30. The Balaban J connectivity index is 1.92. The fraction of sp³-hybridized carbons (Fsp3) is 0.667. The quantitative estimate of drug-likeness (QED) is 0.832. The SMILES string of the molecule is CCNC(CCN1CCCC(C)CC1)c1ccccc1Cl. The van der Waals surface area contributed by atoms with Gasteiger partial charge in [0.25, 0.3) is 0 Å². The van der Waals surface area contributed by atoms with E-state index in [2.05, 4.69) is 36.2 Å². The van der Waals surface area contributed by atoms with E-state index >= 15 is 0 Å². The molecule has 21 heavy (non-hydrogen) atoms. The Kier molecular flexibility index (Phi) is 7.01. The first-order valence-corrected chi connectivity index (χ1v) is 8.78. The van der Waals surface area contributed by atoms with Crippen molar-refractivity contribution in [1.82, 2.24) is 10.2 Å². The molecule has 1 aliphatic heterocycles. The zero-order valence-electron chi connectivity index (χ0n) is 13.4. The zero-order chi connectivity index (χ0) is 15.1. The van der Waals surface area contributed by atoms with Crippen molar-refractivity contribution in [1.29, 1.82) is 0 Å². The molecule has 3 heteroatoms. The van der Waals surface area contributed by atoms with Crippen LogP contribution in [0.5, 0.6) is 0 Å². The van der Waals surface area contributed by atoms with E-state index in [1.54, 1.807) is 0 Å². The summed E-state index contributed by atoms with van der Waals surface area (Å²) in [5.41, 5.74) is 1.24. The van der Waals surface area contributed by atoms with Gasteiger partial charge in [0, 0.05) is 11.1 Å². The molecule has 2 atom stereocenters. The number of rotatable bonds is 6. The number of nitrogens with one attached hydrogen (secondary N) is 1. The monoisotopic (exact) mass is 308 g/mol. The van der Waals surface area contributed by atoms with E-state index in [9.17, 15) is 0 Å². The first-order valence-electron chi connectivity index (χ1n) is 8.41. The largest absolute Gasteiger partial charge is 0.310 e. The summed E-state index contributed by atoms with van der Waals surface area (Å²) in [5.74, 6) is 0.892. The molecule has 1 saturated heterocycles. The molecular formula is C18H29ClN2. The van der Waals surface area contributed by atoms with Crippen LogP contribution >= 0.6 is 11.6 Å². The van der Waals surface area contributed by atoms with Crippen molar-refractivity contribution in [3.8, 4) is 0 Å². The minimum absolute atomic E-state index is 0.365. The van der Waals surface area contributed by atoms with Crippen molar-refractivity contribution in [2.45, 2.75) is 45.6 Å². The fourth-order valence-corrected chi connectivity index (χ4v) is 3.50. The molecule has 1 aromatic carbocycles. The molecule has 1 aliphatic rings. The van der Waals surface area contributed by atoms with E-state index < -0.39 is 0 Å². The molecule has 1 heterocycles. The van der Waals surface area contributed by atoms with Crippen LogP contribution in [0.15, 0.2) is 24.3 Å². The summed E-state index contributed by atoms with van der Waals surface area (Å²) in [4.78, 5) is 2.63. The third-order valence-electron chi connectivity index (χ3n) is 4.57. The Morgan fingerprint density at radius 2 is 2.10 bits per heavy atom. The number of likely N-dealkylation sites (tertiary alicyclic amines) is 1. The third-order valence-corrected chi connectivity index (χ3v) is 4.92. The van der Waals surface area contributed by atoms with Gasteiger partial charge >= 0.3 is 0 Å². The first kappa shape index (κ1) is 16.8. The van der Waals surface area contributed by atoms with Crippen LogP contribution in [0.3, 0.4) is 0 Å². The number of hydrogen-bond donors (Lipinski definition) is 1. The minimum Gasteiger partial charge on any atom is -0.310 e. The lowest BCUT2D eigenvalue weighted by atomic mass is 10.0. The highest BCUT2D eigenvalue weighted by Crippen LogP contribution is 2.26. The van der Waals surface area contributed by atoms with Crippen LogP contribution in [-0.2, 0) is 0 Å². The highest BCUT2D eigenvalue weighted by Gasteiger charge is 2.17. The normalized spacial score (nSPS) is 22.0. The summed E-state index contributed by atoms with van der Waals surface area (Å²) in [7, 11) is 0. The summed E-state index contributed by atoms with van der Waals surface area (Å²) in [5, 5.41) is 4.47. The third kappa shape index (κ3) is 5.28. The molecule has 1 fully saturated rings. The number of halogens is 1. The fourth-order valence-electron chi connectivity index (χ4n) is 3.23. The predicted octanol–water partition coefficient (Wildman–Crippen LogP) is 4.50. The van der Waals surface area contributed by atoms with Gasteiger partial charge in [-0.05, 0) is 69.4 Å². The summed E-state index contributed by atoms with van der Waals surface area (Å²) in [6, 6.07) is 8.60. The lowest BCUT2D eigenvalue weighted by Gasteiger charge is -2.25. The van der Waals surface area contributed by atoms with Crippen molar-refractivity contribution in [2.75, 3.05) is 26.2 Å². The average molecular weight is 309 g/mol. The summed E-state index contributed by atoms with van der Waals surface area (Å²) >= 11 is 6.37. The van der Waals surface area contributed by atoms with E-state index in [0.29, 0.717) is 6.04 Å². The van der Waals surface area contributed by atoms with Gasteiger partial charge in [0.15, 0.2) is 0 Å². The summed E-state index contributed by atoms with van der Waals surface area (Å²) < 4.78 is 0. The van der Waals surface area contributed by atoms with Gasteiger partial charge < -0.3 is 10.2 Å². The van der Waals surface area contributed by atoms with Gasteiger partial charge in [-0.3, -0.25) is 0 Å². The van der Waals surface area contributed by atoms with Crippen LogP contribution in [0.25, 0.3) is 0 Å². The molecule has 2 nitrogen and oxygen atoms in total. The maximum absolute atomic E-state index is 6.37. The predicted molar refractivity (Wildman–Crippen MR) is 91.9 cm³/mol. The van der Waals surface area contributed by atoms with Gasteiger partial charge in [-0.25, -0.2) is 0 Å². The Morgan fingerprint density at radius 3 is 2.86 bits per heavy atom. The number of nitrogens with zero attached hydrogens (tertiary/aromatic N) is 1. The lowest BCUT2D eigenvalue weighted by Crippen LogP contribution is -2.30. The molecular weight excluding hydrogens is 280 g/mol. The Morgan fingerprint density at radius 1 is 1.29 bits per heavy atom. The molecule has 2 unspecified atom stereocenters. The number of benzene rings is 1. The van der Waals surface area contributed by atoms with Gasteiger partial charge in [-0.1, -0.05) is 43.6 Å². The summed E-state index contributed by atoms with van der Waals surface area (Å²) in [6.45, 7) is 9.20. The number of hydrogen-bond acceptors (Lipinski definition) is 2. The van der Waals surface area contributed by atoms with Crippen molar-refractivity contribution in [2.24, 2.45) is 5.92 Å². The van der Waals surface area contributed by atoms with Crippen LogP contribution in [0, 0.1) is 5.92 Å². The smallest absolute Gasteiger partial charge is 0.0453 e. The van der Waals surface area contributed by atoms with Gasteiger partial charge in [0.1, 0.15) is 0 Å². The maximum Gasteiger partial charge on any atom is 0.0453 e. The minimum atomic E-state index is 0.365. The van der Waals surface area contributed by atoms with E-state index in [4.69, 9.17) is 11.6 Å². The molecule has 2 rings (SSSR count). The maximum atomic E-state index is 6.37. The van der Waals surface area contributed by atoms with Crippen LogP contribution in [0.2, 0.25) is 5.02 Å². The Labute approximate surface area is 134 Å². The zero-order valence-corrected chi connectivity index (χ0v) is 14.2. The topological polar surface area (TPSA) is 15.3 Å². The van der Waals surface area contributed by atoms with Crippen molar-refractivity contribution in [3.63, 3.8) is 0 Å². The van der Waals surface area contributed by atoms with Crippen LogP contribution < -0.4 is 5.32 Å². The molecule has 1 N–H and O–H groups in total. The van der Waals surface area contributed by atoms with Gasteiger partial charge in [-0.15, -0.1) is 0 Å². The molecule has 0 spiro atoms. The van der Waals surface area contributed by atoms with Gasteiger partial charge in [0.2, 0.25) is 0 Å². The van der Waals surface area contributed by atoms with Crippen LogP contribution in [0.1, 0.15) is 51.1 Å². The van der Waals surface area contributed by atoms with Gasteiger partial charge in [0.05, 0.1) is 0 Å². The average Bonchev–Trinajstić information content (AvgIpc) is 2.69. The van der Waals surface area contributed by atoms with E-state index in [1.807, 2.05) is 12.1 Å². The second-order valence-corrected chi connectivity index (χ2v) is 6.71. The highest BCUT2D eigenvalue weighted by atomic mass is 35.5. The molecule has 0 amide bonds. The summed E-state index contributed by atoms with van der Waals surface area (Å²) in [6.07, 6.45) is 5.21. The molecule has 0 radical (unpaired) electrons. The standard InChI is InChI=1S/C18H29ClN2/c1-3-20-18(16-8-4-5-9-17(16)19)11-14-21-12-6-7-15(2)10-13-21/h4-5,8-9,15,18,20H,3,6-7,10-14H2,1-2H3. The molecule has 0 saturated carbocycles. The molecule has 0 aliphatic carbocycles. The highest BCUT2D eigenvalue weighted by molar-refractivity contribution is 6.31. The Bertz CT molecular complexity index is 421. The Hall–Kier alpha value is -0.570. The van der Waals surface area contributed by atoms with E-state index in [1.165, 1.54) is 37.9 Å². The van der Waals surface area contributed by atoms with Crippen molar-refractivity contribution < 1.29 is 0 Å². The molecule has 118 valence electrons. The molecule has 1 aromatic rings. The van der Waals surface area contributed by atoms with E-state index in [0.717, 1.165) is 30.5 Å². The lowest BCUT2D eigenvalue weighted by molar-refractivity contribution is 0.264. The molecule has 0 aromatic heterocycles. The second kappa shape index (κ2) is 8.77. The van der Waals surface area contributed by atoms with E-state index in [-0.39, 0.29) is 0 Å².